The lowest BCUT2D eigenvalue weighted by atomic mass is 10.00. The number of benzodiazepines with no additional fused rings is 1. The number of carbonyl (C=O) groups excluding carboxylic acids is 2. The van der Waals surface area contributed by atoms with E-state index >= 15 is 0 Å². The van der Waals surface area contributed by atoms with Gasteiger partial charge in [0.1, 0.15) is 6.54 Å². The molecule has 1 heterocycles. The predicted octanol–water partition coefficient (Wildman–Crippen LogP) is 6.35. The van der Waals surface area contributed by atoms with E-state index in [1.807, 2.05) is 0 Å². The summed E-state index contributed by atoms with van der Waals surface area (Å²) in [5.41, 5.74) is -3.35. The summed E-state index contributed by atoms with van der Waals surface area (Å²) in [6.07, 6.45) is -18.3. The Morgan fingerprint density at radius 2 is 1.48 bits per heavy atom. The lowest BCUT2D eigenvalue weighted by Gasteiger charge is -2.26. The number of para-hydroxylation sites is 1. The highest BCUT2D eigenvalue weighted by Gasteiger charge is 2.41. The molecule has 2 amide bonds. The van der Waals surface area contributed by atoms with Crippen molar-refractivity contribution in [1.29, 1.82) is 0 Å². The minimum absolute atomic E-state index is 0.0223. The van der Waals surface area contributed by atoms with Gasteiger partial charge in [-0.15, -0.1) is 0 Å². The Balaban J connectivity index is 1.72. The maximum Gasteiger partial charge on any atom is 0.416 e. The molecule has 0 radical (unpaired) electrons. The number of nitrogens with zero attached hydrogens (tertiary/aromatic N) is 2. The quantitative estimate of drug-likeness (QED) is 0.335. The van der Waals surface area contributed by atoms with Crippen LogP contribution in [0.4, 0.5) is 45.2 Å². The van der Waals surface area contributed by atoms with Crippen LogP contribution in [0.2, 0.25) is 0 Å². The van der Waals surface area contributed by atoms with Crippen LogP contribution < -0.4 is 10.2 Å². The highest BCUT2D eigenvalue weighted by atomic mass is 19.4. The molecule has 222 valence electrons. The molecule has 1 aliphatic heterocycles. The van der Waals surface area contributed by atoms with Crippen LogP contribution in [-0.2, 0) is 34.8 Å². The van der Waals surface area contributed by atoms with E-state index in [2.05, 4.69) is 10.3 Å². The Morgan fingerprint density at radius 3 is 2.10 bits per heavy atom. The van der Waals surface area contributed by atoms with Gasteiger partial charge in [0.15, 0.2) is 0 Å². The summed E-state index contributed by atoms with van der Waals surface area (Å²) in [4.78, 5) is 30.8. The summed E-state index contributed by atoms with van der Waals surface area (Å²) < 4.78 is 120. The van der Waals surface area contributed by atoms with Crippen LogP contribution in [0.5, 0.6) is 0 Å². The maximum atomic E-state index is 13.6. The second-order valence-electron chi connectivity index (χ2n) is 9.31. The number of nitrogens with one attached hydrogen (secondary N) is 1. The Kier molecular flexibility index (Phi) is 8.37. The molecule has 0 aliphatic carbocycles. The van der Waals surface area contributed by atoms with E-state index in [9.17, 15) is 49.1 Å². The van der Waals surface area contributed by atoms with Gasteiger partial charge < -0.3 is 5.32 Å². The van der Waals surface area contributed by atoms with E-state index in [1.165, 1.54) is 24.3 Å². The average molecular weight is 601 g/mol. The van der Waals surface area contributed by atoms with Gasteiger partial charge in [-0.05, 0) is 29.3 Å². The van der Waals surface area contributed by atoms with Gasteiger partial charge in [-0.3, -0.25) is 19.5 Å². The number of hydrogen-bond acceptors (Lipinski definition) is 3. The molecule has 0 saturated carbocycles. The summed E-state index contributed by atoms with van der Waals surface area (Å²) in [5.74, 6) is -2.58. The fraction of sp³-hybridized carbons (Fsp3) is 0.250. The van der Waals surface area contributed by atoms with Gasteiger partial charge in [0.2, 0.25) is 12.1 Å². The van der Waals surface area contributed by atoms with Gasteiger partial charge in [0.05, 0.1) is 28.9 Å². The molecule has 3 aromatic rings. The smallest absolute Gasteiger partial charge is 0.326 e. The van der Waals surface area contributed by atoms with Crippen molar-refractivity contribution in [2.45, 2.75) is 37.5 Å². The molecule has 4 rings (SSSR count). The van der Waals surface area contributed by atoms with E-state index in [0.29, 0.717) is 22.6 Å². The minimum atomic E-state index is -5.26. The highest BCUT2D eigenvalue weighted by molar-refractivity contribution is 6.13. The van der Waals surface area contributed by atoms with Crippen LogP contribution >= 0.6 is 0 Å². The van der Waals surface area contributed by atoms with Crippen molar-refractivity contribution in [2.75, 3.05) is 11.4 Å². The lowest BCUT2D eigenvalue weighted by Crippen LogP contribution is -2.50. The molecule has 1 aliphatic rings. The van der Waals surface area contributed by atoms with Crippen molar-refractivity contribution in [3.63, 3.8) is 0 Å². The second-order valence-corrected chi connectivity index (χ2v) is 9.31. The van der Waals surface area contributed by atoms with Crippen molar-refractivity contribution in [1.82, 2.24) is 5.32 Å². The second kappa shape index (κ2) is 11.5. The molecule has 14 heteroatoms. The van der Waals surface area contributed by atoms with Crippen LogP contribution in [0.1, 0.15) is 27.8 Å². The van der Waals surface area contributed by atoms with E-state index in [4.69, 9.17) is 0 Å². The zero-order valence-electron chi connectivity index (χ0n) is 21.2. The number of aliphatic imine (C=N–C) groups is 1. The summed E-state index contributed by atoms with van der Waals surface area (Å²) in [7, 11) is 0. The molecule has 0 bridgehead atoms. The molecular weight excluding hydrogens is 581 g/mol. The third kappa shape index (κ3) is 7.28. The van der Waals surface area contributed by atoms with E-state index in [-0.39, 0.29) is 29.4 Å². The van der Waals surface area contributed by atoms with Crippen molar-refractivity contribution >= 4 is 23.2 Å². The number of fused-ring (bicyclic) bond motifs is 1. The summed E-state index contributed by atoms with van der Waals surface area (Å²) in [6.45, 7) is -1.75. The largest absolute Gasteiger partial charge is 0.416 e. The maximum absolute atomic E-state index is 13.6. The normalized spacial score (nSPS) is 16.0. The number of halogens is 9. The van der Waals surface area contributed by atoms with Crippen LogP contribution in [0.15, 0.2) is 77.8 Å². The Labute approximate surface area is 232 Å². The fourth-order valence-corrected chi connectivity index (χ4v) is 4.41. The highest BCUT2D eigenvalue weighted by Crippen LogP contribution is 2.37. The molecule has 0 saturated heterocycles. The Hall–Kier alpha value is -4.36. The first-order chi connectivity index (χ1) is 19.5. The predicted molar refractivity (Wildman–Crippen MR) is 134 cm³/mol. The van der Waals surface area contributed by atoms with Gasteiger partial charge >= 0.3 is 18.5 Å². The first-order valence-electron chi connectivity index (χ1n) is 12.2. The molecule has 0 fully saturated rings. The monoisotopic (exact) mass is 601 g/mol. The number of amides is 2. The number of anilines is 1. The van der Waals surface area contributed by atoms with Gasteiger partial charge in [-0.25, -0.2) is 0 Å². The Morgan fingerprint density at radius 1 is 0.833 bits per heavy atom. The third-order valence-corrected chi connectivity index (χ3v) is 6.23. The van der Waals surface area contributed by atoms with Gasteiger partial charge in [-0.2, -0.15) is 39.5 Å². The van der Waals surface area contributed by atoms with Crippen LogP contribution in [0.3, 0.4) is 0 Å². The number of hydrogen-bond donors (Lipinski definition) is 1. The topological polar surface area (TPSA) is 61.8 Å². The summed E-state index contributed by atoms with van der Waals surface area (Å²) in [5, 5.41) is 2.07. The third-order valence-electron chi connectivity index (χ3n) is 6.23. The van der Waals surface area contributed by atoms with Crippen molar-refractivity contribution in [3.8, 4) is 0 Å². The number of carbonyl (C=O) groups is 2. The zero-order valence-corrected chi connectivity index (χ0v) is 21.2. The van der Waals surface area contributed by atoms with E-state index in [0.717, 1.165) is 0 Å². The van der Waals surface area contributed by atoms with Gasteiger partial charge in [0, 0.05) is 12.0 Å². The lowest BCUT2D eigenvalue weighted by molar-refractivity contribution is -0.143. The van der Waals surface area contributed by atoms with Crippen LogP contribution in [-0.4, -0.2) is 36.4 Å². The molecule has 5 nitrogen and oxygen atoms in total. The first kappa shape index (κ1) is 30.6. The van der Waals surface area contributed by atoms with E-state index < -0.39 is 66.2 Å². The minimum Gasteiger partial charge on any atom is -0.326 e. The number of alkyl halides is 9. The first-order valence-corrected chi connectivity index (χ1v) is 12.2. The molecule has 42 heavy (non-hydrogen) atoms. The molecule has 3 aromatic carbocycles. The Bertz CT molecular complexity index is 1500. The van der Waals surface area contributed by atoms with Crippen molar-refractivity contribution < 1.29 is 49.1 Å². The van der Waals surface area contributed by atoms with Gasteiger partial charge in [-0.1, -0.05) is 54.6 Å². The molecule has 1 atom stereocenters. The summed E-state index contributed by atoms with van der Waals surface area (Å²) in [6, 6.07) is 14.8. The number of benzene rings is 3. The molecule has 0 spiro atoms. The molecule has 0 unspecified atom stereocenters. The fourth-order valence-electron chi connectivity index (χ4n) is 4.41. The molecular formula is C28H20F9N3O2. The van der Waals surface area contributed by atoms with E-state index in [1.54, 1.807) is 30.3 Å². The van der Waals surface area contributed by atoms with Crippen molar-refractivity contribution in [3.05, 3.63) is 101 Å². The number of rotatable bonds is 6. The standard InChI is InChI=1S/C28H20F9N3O2/c29-26(30,31)15-40-22-9-5-4-8-19(22)21(12-16-6-2-1-3-7-16)38-24(25(40)42)39-23(41)13-17-10-11-18(27(32,33)34)14-20(17)28(35,36)37/h1-11,14,24H,12-13,15H2,(H,39,41)/t24-/m0/s1. The zero-order chi connectivity index (χ0) is 30.9. The summed E-state index contributed by atoms with van der Waals surface area (Å²) >= 11 is 0. The average Bonchev–Trinajstić information content (AvgIpc) is 2.98. The van der Waals surface area contributed by atoms with Gasteiger partial charge in [0.25, 0.3) is 5.91 Å². The van der Waals surface area contributed by atoms with Crippen LogP contribution in [0.25, 0.3) is 0 Å². The van der Waals surface area contributed by atoms with Crippen molar-refractivity contribution in [2.24, 2.45) is 4.99 Å². The SMILES string of the molecule is O=C(Cc1ccc(C(F)(F)F)cc1C(F)(F)F)N[C@@H]1N=C(Cc2ccccc2)c2ccccc2N(CC(F)(F)F)C1=O. The van der Waals surface area contributed by atoms with Crippen LogP contribution in [0, 0.1) is 0 Å². The molecule has 0 aromatic heterocycles. The molecule has 1 N–H and O–H groups in total.